The Hall–Kier alpha value is -1.31. The van der Waals surface area contributed by atoms with Crippen LogP contribution in [0.15, 0.2) is 30.3 Å². The van der Waals surface area contributed by atoms with Crippen molar-refractivity contribution in [3.8, 4) is 5.75 Å². The summed E-state index contributed by atoms with van der Waals surface area (Å²) in [5.74, 6) is 1.08. The van der Waals surface area contributed by atoms with Crippen molar-refractivity contribution in [3.05, 3.63) is 30.3 Å². The van der Waals surface area contributed by atoms with E-state index in [-0.39, 0.29) is 5.97 Å². The number of hydrogen-bond acceptors (Lipinski definition) is 2. The lowest BCUT2D eigenvalue weighted by Gasteiger charge is -2.07. The first-order valence-electron chi connectivity index (χ1n) is 5.48. The minimum Gasteiger partial charge on any atom is -0.427 e. The Morgan fingerprint density at radius 3 is 2.60 bits per heavy atom. The van der Waals surface area contributed by atoms with Crippen LogP contribution in [0, 0.1) is 5.92 Å². The molecule has 0 bridgehead atoms. The number of carbonyl (C=O) groups is 1. The van der Waals surface area contributed by atoms with E-state index in [0.29, 0.717) is 18.1 Å². The predicted octanol–water partition coefficient (Wildman–Crippen LogP) is 3.42. The van der Waals surface area contributed by atoms with Crippen LogP contribution in [0.1, 0.15) is 33.1 Å². The van der Waals surface area contributed by atoms with Gasteiger partial charge in [0.1, 0.15) is 5.75 Å². The van der Waals surface area contributed by atoms with Gasteiger partial charge in [0.2, 0.25) is 0 Å². The lowest BCUT2D eigenvalue weighted by atomic mass is 10.0. The van der Waals surface area contributed by atoms with E-state index < -0.39 is 0 Å². The molecule has 1 aromatic rings. The molecule has 0 spiro atoms. The first-order valence-corrected chi connectivity index (χ1v) is 5.48. The zero-order valence-corrected chi connectivity index (χ0v) is 9.40. The fourth-order valence-corrected chi connectivity index (χ4v) is 1.24. The predicted molar refractivity (Wildman–Crippen MR) is 60.8 cm³/mol. The standard InChI is InChI=1S/C13H18O2/c1-3-11(2)9-10-13(14)15-12-7-5-4-6-8-12/h4-8,11H,3,9-10H2,1-2H3. The summed E-state index contributed by atoms with van der Waals surface area (Å²) in [6.07, 6.45) is 2.52. The van der Waals surface area contributed by atoms with E-state index in [4.69, 9.17) is 4.74 Å². The molecule has 2 heteroatoms. The van der Waals surface area contributed by atoms with Gasteiger partial charge in [-0.25, -0.2) is 0 Å². The summed E-state index contributed by atoms with van der Waals surface area (Å²) in [7, 11) is 0. The van der Waals surface area contributed by atoms with Crippen molar-refractivity contribution < 1.29 is 9.53 Å². The van der Waals surface area contributed by atoms with Crippen molar-refractivity contribution in [2.24, 2.45) is 5.92 Å². The molecule has 0 amide bonds. The summed E-state index contributed by atoms with van der Waals surface area (Å²) < 4.78 is 5.17. The molecule has 0 saturated carbocycles. The van der Waals surface area contributed by atoms with Gasteiger partial charge in [-0.2, -0.15) is 0 Å². The molecule has 1 aromatic carbocycles. The fourth-order valence-electron chi connectivity index (χ4n) is 1.24. The average Bonchev–Trinajstić information content (AvgIpc) is 2.27. The van der Waals surface area contributed by atoms with Crippen LogP contribution in [-0.4, -0.2) is 5.97 Å². The van der Waals surface area contributed by atoms with E-state index in [1.165, 1.54) is 0 Å². The molecule has 0 N–H and O–H groups in total. The maximum Gasteiger partial charge on any atom is 0.311 e. The molecule has 0 aliphatic rings. The molecule has 0 heterocycles. The van der Waals surface area contributed by atoms with Gasteiger partial charge in [0.15, 0.2) is 0 Å². The SMILES string of the molecule is CCC(C)CCC(=O)Oc1ccccc1. The summed E-state index contributed by atoms with van der Waals surface area (Å²) >= 11 is 0. The number of rotatable bonds is 5. The Morgan fingerprint density at radius 2 is 2.00 bits per heavy atom. The van der Waals surface area contributed by atoms with Gasteiger partial charge in [-0.1, -0.05) is 38.5 Å². The molecule has 0 aliphatic heterocycles. The first-order chi connectivity index (χ1) is 7.22. The van der Waals surface area contributed by atoms with Crippen LogP contribution in [0.3, 0.4) is 0 Å². The van der Waals surface area contributed by atoms with Gasteiger partial charge in [0, 0.05) is 6.42 Å². The van der Waals surface area contributed by atoms with Gasteiger partial charge >= 0.3 is 5.97 Å². The van der Waals surface area contributed by atoms with Gasteiger partial charge in [-0.05, 0) is 24.5 Å². The second-order valence-electron chi connectivity index (χ2n) is 3.84. The van der Waals surface area contributed by atoms with Crippen molar-refractivity contribution in [2.75, 3.05) is 0 Å². The molecule has 0 radical (unpaired) electrons. The topological polar surface area (TPSA) is 26.3 Å². The normalized spacial score (nSPS) is 12.1. The smallest absolute Gasteiger partial charge is 0.311 e. The second-order valence-corrected chi connectivity index (χ2v) is 3.84. The second kappa shape index (κ2) is 6.23. The van der Waals surface area contributed by atoms with Gasteiger partial charge in [-0.3, -0.25) is 4.79 Å². The third kappa shape index (κ3) is 4.63. The van der Waals surface area contributed by atoms with Crippen LogP contribution in [0.5, 0.6) is 5.75 Å². The van der Waals surface area contributed by atoms with Crippen molar-refractivity contribution in [3.63, 3.8) is 0 Å². The quantitative estimate of drug-likeness (QED) is 0.545. The largest absolute Gasteiger partial charge is 0.427 e. The minimum atomic E-state index is -0.137. The molecule has 0 saturated heterocycles. The van der Waals surface area contributed by atoms with E-state index in [2.05, 4.69) is 13.8 Å². The molecule has 0 fully saturated rings. The third-order valence-electron chi connectivity index (χ3n) is 2.51. The maximum atomic E-state index is 11.4. The Labute approximate surface area is 91.3 Å². The third-order valence-corrected chi connectivity index (χ3v) is 2.51. The molecule has 15 heavy (non-hydrogen) atoms. The molecule has 82 valence electrons. The zero-order chi connectivity index (χ0) is 11.1. The van der Waals surface area contributed by atoms with Gasteiger partial charge in [0.25, 0.3) is 0 Å². The number of para-hydroxylation sites is 1. The van der Waals surface area contributed by atoms with Crippen molar-refractivity contribution in [1.29, 1.82) is 0 Å². The van der Waals surface area contributed by atoms with Gasteiger partial charge in [-0.15, -0.1) is 0 Å². The molecular formula is C13H18O2. The molecule has 1 atom stereocenters. The molecule has 0 aliphatic carbocycles. The van der Waals surface area contributed by atoms with E-state index in [9.17, 15) is 4.79 Å². The van der Waals surface area contributed by atoms with E-state index in [1.54, 1.807) is 12.1 Å². The molecule has 0 aromatic heterocycles. The number of carbonyl (C=O) groups excluding carboxylic acids is 1. The number of esters is 1. The number of benzene rings is 1. The summed E-state index contributed by atoms with van der Waals surface area (Å²) in [5.41, 5.74) is 0. The van der Waals surface area contributed by atoms with E-state index in [0.717, 1.165) is 12.8 Å². The van der Waals surface area contributed by atoms with Crippen molar-refractivity contribution in [1.82, 2.24) is 0 Å². The van der Waals surface area contributed by atoms with Crippen LogP contribution in [0.2, 0.25) is 0 Å². The van der Waals surface area contributed by atoms with Crippen LogP contribution >= 0.6 is 0 Å². The Balaban J connectivity index is 2.31. The highest BCUT2D eigenvalue weighted by atomic mass is 16.5. The van der Waals surface area contributed by atoms with Crippen LogP contribution < -0.4 is 4.74 Å². The Morgan fingerprint density at radius 1 is 1.33 bits per heavy atom. The lowest BCUT2D eigenvalue weighted by Crippen LogP contribution is -2.09. The molecular weight excluding hydrogens is 188 g/mol. The maximum absolute atomic E-state index is 11.4. The lowest BCUT2D eigenvalue weighted by molar-refractivity contribution is -0.134. The summed E-state index contributed by atoms with van der Waals surface area (Å²) in [6.45, 7) is 4.28. The fraction of sp³-hybridized carbons (Fsp3) is 0.462. The van der Waals surface area contributed by atoms with Crippen molar-refractivity contribution >= 4 is 5.97 Å². The first kappa shape index (κ1) is 11.8. The highest BCUT2D eigenvalue weighted by Crippen LogP contribution is 2.13. The highest BCUT2D eigenvalue weighted by Gasteiger charge is 2.07. The zero-order valence-electron chi connectivity index (χ0n) is 9.40. The highest BCUT2D eigenvalue weighted by molar-refractivity contribution is 5.72. The van der Waals surface area contributed by atoms with Crippen molar-refractivity contribution in [2.45, 2.75) is 33.1 Å². The van der Waals surface area contributed by atoms with Crippen LogP contribution in [0.25, 0.3) is 0 Å². The molecule has 1 rings (SSSR count). The van der Waals surface area contributed by atoms with Crippen LogP contribution in [0.4, 0.5) is 0 Å². The number of ether oxygens (including phenoxy) is 1. The average molecular weight is 206 g/mol. The summed E-state index contributed by atoms with van der Waals surface area (Å²) in [4.78, 5) is 11.4. The Bertz CT molecular complexity index is 293. The van der Waals surface area contributed by atoms with Crippen LogP contribution in [-0.2, 0) is 4.79 Å². The van der Waals surface area contributed by atoms with E-state index >= 15 is 0 Å². The minimum absolute atomic E-state index is 0.137. The monoisotopic (exact) mass is 206 g/mol. The molecule has 1 unspecified atom stereocenters. The van der Waals surface area contributed by atoms with E-state index in [1.807, 2.05) is 18.2 Å². The summed E-state index contributed by atoms with van der Waals surface area (Å²) in [6, 6.07) is 9.20. The summed E-state index contributed by atoms with van der Waals surface area (Å²) in [5, 5.41) is 0. The number of hydrogen-bond donors (Lipinski definition) is 0. The Kier molecular flexibility index (Phi) is 4.88. The van der Waals surface area contributed by atoms with Gasteiger partial charge in [0.05, 0.1) is 0 Å². The van der Waals surface area contributed by atoms with Gasteiger partial charge < -0.3 is 4.74 Å². The molecule has 2 nitrogen and oxygen atoms in total.